The van der Waals surface area contributed by atoms with Crippen molar-refractivity contribution in [1.82, 2.24) is 14.5 Å². The highest BCUT2D eigenvalue weighted by molar-refractivity contribution is 6.30. The van der Waals surface area contributed by atoms with Gasteiger partial charge in [0.15, 0.2) is 6.23 Å². The number of carbonyl (C=O) groups is 1. The quantitative estimate of drug-likeness (QED) is 0.302. The van der Waals surface area contributed by atoms with Gasteiger partial charge in [-0.3, -0.25) is 4.79 Å². The number of amides is 1. The number of fused-ring (bicyclic) bond motifs is 10. The van der Waals surface area contributed by atoms with Gasteiger partial charge in [-0.2, -0.15) is 0 Å². The van der Waals surface area contributed by atoms with Gasteiger partial charge in [0.05, 0.1) is 28.7 Å². The minimum atomic E-state index is -1.33. The van der Waals surface area contributed by atoms with E-state index >= 15 is 0 Å². The molecule has 0 bridgehead atoms. The molecular weight excluding hydrogens is 474 g/mol. The summed E-state index contributed by atoms with van der Waals surface area (Å²) >= 11 is 0. The number of nitrogens with one attached hydrogen (secondary N) is 1. The van der Waals surface area contributed by atoms with Crippen molar-refractivity contribution in [2.75, 3.05) is 20.8 Å². The molecule has 1 saturated heterocycles. The molecule has 1 amide bonds. The average Bonchev–Trinajstić information content (AvgIpc) is 3.55. The standard InChI is InChI=1S/C28H27N3O6/c1-30-11-15-19-14-8-4-6-10-17(14)31(28-25(34)24(33)26(36-2)18(12-32)37-28)23(19)22-20(21(15)27(30)35)13-7-3-5-9-16(13)29-22/h3-10,18,24-26,28-29,32-34H,11-12H2,1-2H3/t18-,24-,25-,26-,28-/m1/s1. The molecule has 2 aliphatic rings. The van der Waals surface area contributed by atoms with E-state index in [9.17, 15) is 20.1 Å². The number of carbonyl (C=O) groups excluding carboxylic acids is 1. The van der Waals surface area contributed by atoms with Gasteiger partial charge in [-0.25, -0.2) is 0 Å². The molecule has 4 heterocycles. The minimum absolute atomic E-state index is 0.0314. The monoisotopic (exact) mass is 501 g/mol. The number of aromatic amines is 1. The molecule has 190 valence electrons. The van der Waals surface area contributed by atoms with E-state index in [4.69, 9.17) is 9.47 Å². The molecule has 0 spiro atoms. The van der Waals surface area contributed by atoms with Gasteiger partial charge in [-0.05, 0) is 17.7 Å². The number of aliphatic hydroxyl groups is 3. The Labute approximate surface area is 211 Å². The Morgan fingerprint density at radius 3 is 2.54 bits per heavy atom. The maximum absolute atomic E-state index is 13.5. The van der Waals surface area contributed by atoms with Gasteiger partial charge in [0, 0.05) is 47.8 Å². The topological polar surface area (TPSA) is 120 Å². The lowest BCUT2D eigenvalue weighted by atomic mass is 9.96. The number of nitrogens with zero attached hydrogens (tertiary/aromatic N) is 2. The first-order chi connectivity index (χ1) is 18.0. The number of para-hydroxylation sites is 2. The Hall–Kier alpha value is -3.47. The van der Waals surface area contributed by atoms with Crippen LogP contribution in [-0.4, -0.2) is 80.9 Å². The van der Waals surface area contributed by atoms with Crippen molar-refractivity contribution in [3.8, 4) is 0 Å². The summed E-state index contributed by atoms with van der Waals surface area (Å²) in [6, 6.07) is 15.7. The maximum atomic E-state index is 13.5. The molecule has 2 aliphatic heterocycles. The Bertz CT molecular complexity index is 1720. The lowest BCUT2D eigenvalue weighted by Gasteiger charge is -2.42. The van der Waals surface area contributed by atoms with Gasteiger partial charge >= 0.3 is 0 Å². The summed E-state index contributed by atoms with van der Waals surface area (Å²) in [7, 11) is 3.22. The van der Waals surface area contributed by atoms with E-state index in [0.717, 1.165) is 49.2 Å². The fourth-order valence-corrected chi connectivity index (χ4v) is 6.40. The second-order valence-electron chi connectivity index (χ2n) is 9.98. The van der Waals surface area contributed by atoms with Gasteiger partial charge in [0.25, 0.3) is 5.91 Å². The van der Waals surface area contributed by atoms with Gasteiger partial charge in [-0.1, -0.05) is 36.4 Å². The first-order valence-corrected chi connectivity index (χ1v) is 12.3. The molecule has 37 heavy (non-hydrogen) atoms. The SMILES string of the molecule is CO[C@H]1[C@H](O)[C@@H](O)[C@H](n2c3ccccc3c3c4c(c5c6ccccc6[nH]c5c32)C(=O)N(C)C4)O[C@@H]1CO. The van der Waals surface area contributed by atoms with Crippen LogP contribution in [-0.2, 0) is 16.0 Å². The molecule has 5 aromatic rings. The molecule has 3 aromatic carbocycles. The fourth-order valence-electron chi connectivity index (χ4n) is 6.40. The van der Waals surface area contributed by atoms with E-state index in [-0.39, 0.29) is 12.5 Å². The number of ether oxygens (including phenoxy) is 2. The van der Waals surface area contributed by atoms with Crippen LogP contribution in [0.1, 0.15) is 22.1 Å². The van der Waals surface area contributed by atoms with Crippen LogP contribution in [0.2, 0.25) is 0 Å². The van der Waals surface area contributed by atoms with Gasteiger partial charge in [0.2, 0.25) is 0 Å². The Kier molecular flexibility index (Phi) is 4.92. The molecule has 1 fully saturated rings. The predicted molar refractivity (Wildman–Crippen MR) is 138 cm³/mol. The van der Waals surface area contributed by atoms with Crippen LogP contribution in [0.3, 0.4) is 0 Å². The van der Waals surface area contributed by atoms with Crippen LogP contribution in [0.15, 0.2) is 48.5 Å². The highest BCUT2D eigenvalue weighted by Crippen LogP contribution is 2.47. The highest BCUT2D eigenvalue weighted by atomic mass is 16.6. The molecule has 0 aliphatic carbocycles. The van der Waals surface area contributed by atoms with E-state index in [0.29, 0.717) is 12.1 Å². The van der Waals surface area contributed by atoms with Gasteiger partial charge in [0.1, 0.15) is 24.4 Å². The second kappa shape index (κ2) is 8.01. The third-order valence-electron chi connectivity index (χ3n) is 8.03. The van der Waals surface area contributed by atoms with Crippen molar-refractivity contribution in [2.45, 2.75) is 37.2 Å². The van der Waals surface area contributed by atoms with E-state index in [2.05, 4.69) is 4.98 Å². The number of hydrogen-bond acceptors (Lipinski definition) is 6. The molecule has 2 aromatic heterocycles. The number of aromatic nitrogens is 2. The summed E-state index contributed by atoms with van der Waals surface area (Å²) in [6.07, 6.45) is -5.34. The zero-order valence-corrected chi connectivity index (χ0v) is 20.4. The minimum Gasteiger partial charge on any atom is -0.394 e. The average molecular weight is 502 g/mol. The van der Waals surface area contributed by atoms with E-state index in [1.165, 1.54) is 7.11 Å². The summed E-state index contributed by atoms with van der Waals surface area (Å²) in [5.41, 5.74) is 4.82. The van der Waals surface area contributed by atoms with Gasteiger partial charge in [-0.15, -0.1) is 0 Å². The maximum Gasteiger partial charge on any atom is 0.254 e. The van der Waals surface area contributed by atoms with Crippen LogP contribution in [0.25, 0.3) is 43.6 Å². The van der Waals surface area contributed by atoms with Crippen molar-refractivity contribution < 1.29 is 29.6 Å². The zero-order chi connectivity index (χ0) is 25.6. The summed E-state index contributed by atoms with van der Waals surface area (Å²) in [6.45, 7) is 0.0717. The normalized spacial score (nSPS) is 26.2. The van der Waals surface area contributed by atoms with Crippen LogP contribution in [0.4, 0.5) is 0 Å². The number of hydrogen-bond donors (Lipinski definition) is 4. The Balaban J connectivity index is 1.65. The lowest BCUT2D eigenvalue weighted by molar-refractivity contribution is -0.255. The smallest absolute Gasteiger partial charge is 0.254 e. The molecule has 0 unspecified atom stereocenters. The van der Waals surface area contributed by atoms with Gasteiger partial charge < -0.3 is 39.2 Å². The number of aliphatic hydroxyl groups excluding tert-OH is 3. The first-order valence-electron chi connectivity index (χ1n) is 12.3. The summed E-state index contributed by atoms with van der Waals surface area (Å²) in [5, 5.41) is 35.9. The van der Waals surface area contributed by atoms with E-state index in [1.54, 1.807) is 11.9 Å². The predicted octanol–water partition coefficient (Wildman–Crippen LogP) is 2.64. The first kappa shape index (κ1) is 22.7. The number of rotatable bonds is 3. The highest BCUT2D eigenvalue weighted by Gasteiger charge is 2.46. The molecule has 7 rings (SSSR count). The Morgan fingerprint density at radius 1 is 1.05 bits per heavy atom. The molecule has 9 nitrogen and oxygen atoms in total. The molecule has 9 heteroatoms. The van der Waals surface area contributed by atoms with Crippen molar-refractivity contribution in [3.05, 3.63) is 59.7 Å². The summed E-state index contributed by atoms with van der Waals surface area (Å²) in [5.74, 6) is -0.0314. The van der Waals surface area contributed by atoms with Crippen molar-refractivity contribution in [2.24, 2.45) is 0 Å². The van der Waals surface area contributed by atoms with Crippen LogP contribution < -0.4 is 0 Å². The Morgan fingerprint density at radius 2 is 1.78 bits per heavy atom. The van der Waals surface area contributed by atoms with E-state index in [1.807, 2.05) is 53.1 Å². The molecule has 5 atom stereocenters. The van der Waals surface area contributed by atoms with Crippen molar-refractivity contribution in [3.63, 3.8) is 0 Å². The fraction of sp³-hybridized carbons (Fsp3) is 0.321. The third kappa shape index (κ3) is 2.88. The van der Waals surface area contributed by atoms with Crippen molar-refractivity contribution >= 4 is 49.5 Å². The third-order valence-corrected chi connectivity index (χ3v) is 8.03. The van der Waals surface area contributed by atoms with Crippen LogP contribution >= 0.6 is 0 Å². The summed E-state index contributed by atoms with van der Waals surface area (Å²) < 4.78 is 13.5. The lowest BCUT2D eigenvalue weighted by Crippen LogP contribution is -2.57. The number of methoxy groups -OCH3 is 1. The number of H-pyrrole nitrogens is 1. The summed E-state index contributed by atoms with van der Waals surface area (Å²) in [4.78, 5) is 18.7. The van der Waals surface area contributed by atoms with E-state index < -0.39 is 30.6 Å². The second-order valence-corrected chi connectivity index (χ2v) is 9.98. The van der Waals surface area contributed by atoms with Crippen molar-refractivity contribution in [1.29, 1.82) is 0 Å². The zero-order valence-electron chi connectivity index (χ0n) is 20.4. The molecule has 0 radical (unpaired) electrons. The molecular formula is C28H27N3O6. The van der Waals surface area contributed by atoms with Crippen LogP contribution in [0.5, 0.6) is 0 Å². The van der Waals surface area contributed by atoms with Crippen LogP contribution in [0, 0.1) is 0 Å². The largest absolute Gasteiger partial charge is 0.394 e. The molecule has 0 saturated carbocycles. The molecule has 4 N–H and O–H groups in total. The number of benzene rings is 3.